The number of hydrogen-bond donors (Lipinski definition) is 0. The fourth-order valence-electron chi connectivity index (χ4n) is 2.72. The molecule has 0 radical (unpaired) electrons. The minimum absolute atomic E-state index is 0. The summed E-state index contributed by atoms with van der Waals surface area (Å²) in [6, 6.07) is 8.36. The van der Waals surface area contributed by atoms with Crippen LogP contribution in [-0.2, 0) is 6.54 Å². The van der Waals surface area contributed by atoms with E-state index in [-0.39, 0.29) is 24.8 Å². The van der Waals surface area contributed by atoms with Crippen LogP contribution in [-0.4, -0.2) is 43.7 Å². The standard InChI is InChI=1S/C15H21N5.2ClH/c1-4-18(5-2)10-11-19-13-8-6-7-9-14(13)20-15(19)16-12(3)17-20;;/h6-9H,4-5,10-11H2,1-3H3;2*1H. The molecule has 1 aromatic carbocycles. The molecule has 7 heteroatoms. The summed E-state index contributed by atoms with van der Waals surface area (Å²) >= 11 is 0. The Morgan fingerprint density at radius 1 is 1.05 bits per heavy atom. The van der Waals surface area contributed by atoms with Crippen molar-refractivity contribution in [2.75, 3.05) is 19.6 Å². The zero-order valence-corrected chi connectivity index (χ0v) is 14.8. The minimum Gasteiger partial charge on any atom is -0.307 e. The first-order valence-corrected chi connectivity index (χ1v) is 7.27. The number of aromatic nitrogens is 4. The second-order valence-electron chi connectivity index (χ2n) is 5.04. The van der Waals surface area contributed by atoms with Gasteiger partial charge < -0.3 is 9.47 Å². The van der Waals surface area contributed by atoms with Gasteiger partial charge in [-0.2, -0.15) is 9.50 Å². The van der Waals surface area contributed by atoms with Crippen LogP contribution < -0.4 is 0 Å². The van der Waals surface area contributed by atoms with Crippen LogP contribution in [0.2, 0.25) is 0 Å². The van der Waals surface area contributed by atoms with E-state index in [9.17, 15) is 0 Å². The Morgan fingerprint density at radius 2 is 1.68 bits per heavy atom. The molecule has 5 nitrogen and oxygen atoms in total. The topological polar surface area (TPSA) is 38.4 Å². The molecule has 22 heavy (non-hydrogen) atoms. The van der Waals surface area contributed by atoms with Crippen LogP contribution in [0.1, 0.15) is 19.7 Å². The van der Waals surface area contributed by atoms with Crippen LogP contribution in [0.5, 0.6) is 0 Å². The lowest BCUT2D eigenvalue weighted by molar-refractivity contribution is 0.293. The Balaban J connectivity index is 0.00000121. The average molecular weight is 344 g/mol. The van der Waals surface area contributed by atoms with Crippen LogP contribution in [0.15, 0.2) is 24.3 Å². The molecular formula is C15H23Cl2N5. The van der Waals surface area contributed by atoms with Gasteiger partial charge in [0.15, 0.2) is 0 Å². The number of nitrogens with zero attached hydrogens (tertiary/aromatic N) is 5. The van der Waals surface area contributed by atoms with E-state index in [1.165, 1.54) is 5.52 Å². The Labute approximate surface area is 143 Å². The van der Waals surface area contributed by atoms with Gasteiger partial charge in [-0.15, -0.1) is 29.9 Å². The van der Waals surface area contributed by atoms with Crippen molar-refractivity contribution in [1.29, 1.82) is 0 Å². The minimum atomic E-state index is 0. The molecule has 0 amide bonds. The molecule has 2 aromatic heterocycles. The largest absolute Gasteiger partial charge is 0.307 e. The molecule has 0 saturated heterocycles. The molecule has 0 N–H and O–H groups in total. The Morgan fingerprint density at radius 3 is 2.32 bits per heavy atom. The molecule has 0 saturated carbocycles. The molecule has 3 rings (SSSR count). The summed E-state index contributed by atoms with van der Waals surface area (Å²) in [6.45, 7) is 10.5. The SMILES string of the molecule is CCN(CC)CCn1c2ccccc2n2nc(C)nc12.Cl.Cl. The summed E-state index contributed by atoms with van der Waals surface area (Å²) in [4.78, 5) is 7.00. The molecule has 122 valence electrons. The van der Waals surface area contributed by atoms with E-state index in [1.807, 2.05) is 17.5 Å². The van der Waals surface area contributed by atoms with E-state index in [0.717, 1.165) is 43.3 Å². The second-order valence-corrected chi connectivity index (χ2v) is 5.04. The van der Waals surface area contributed by atoms with Crippen LogP contribution in [0.3, 0.4) is 0 Å². The Bertz CT molecular complexity index is 730. The van der Waals surface area contributed by atoms with E-state index in [0.29, 0.717) is 0 Å². The van der Waals surface area contributed by atoms with Gasteiger partial charge in [-0.05, 0) is 32.1 Å². The van der Waals surface area contributed by atoms with Gasteiger partial charge in [0.25, 0.3) is 0 Å². The number of para-hydroxylation sites is 2. The first kappa shape index (κ1) is 18.7. The lowest BCUT2D eigenvalue weighted by Crippen LogP contribution is -2.27. The van der Waals surface area contributed by atoms with Crippen molar-refractivity contribution in [3.05, 3.63) is 30.1 Å². The molecule has 0 aliphatic rings. The van der Waals surface area contributed by atoms with Crippen molar-refractivity contribution < 1.29 is 0 Å². The first-order chi connectivity index (χ1) is 9.74. The maximum atomic E-state index is 4.58. The summed E-state index contributed by atoms with van der Waals surface area (Å²) < 4.78 is 4.22. The molecule has 0 unspecified atom stereocenters. The van der Waals surface area contributed by atoms with E-state index in [2.05, 4.69) is 51.6 Å². The van der Waals surface area contributed by atoms with Gasteiger partial charge in [-0.1, -0.05) is 26.0 Å². The highest BCUT2D eigenvalue weighted by atomic mass is 35.5. The highest BCUT2D eigenvalue weighted by Crippen LogP contribution is 2.19. The number of halogens is 2. The summed E-state index contributed by atoms with van der Waals surface area (Å²) in [5.41, 5.74) is 2.33. The average Bonchev–Trinajstić information content (AvgIpc) is 2.97. The van der Waals surface area contributed by atoms with Crippen molar-refractivity contribution in [2.45, 2.75) is 27.3 Å². The Kier molecular flexibility index (Phi) is 6.66. The van der Waals surface area contributed by atoms with Crippen LogP contribution in [0, 0.1) is 6.92 Å². The summed E-state index contributed by atoms with van der Waals surface area (Å²) in [5.74, 6) is 1.76. The van der Waals surface area contributed by atoms with Crippen molar-refractivity contribution in [1.82, 2.24) is 24.1 Å². The normalized spacial score (nSPS) is 10.9. The predicted octanol–water partition coefficient (Wildman–Crippen LogP) is 3.18. The maximum absolute atomic E-state index is 4.58. The number of rotatable bonds is 5. The smallest absolute Gasteiger partial charge is 0.233 e. The fourth-order valence-corrected chi connectivity index (χ4v) is 2.72. The van der Waals surface area contributed by atoms with Crippen LogP contribution in [0.4, 0.5) is 0 Å². The highest BCUT2D eigenvalue weighted by Gasteiger charge is 2.13. The Hall–Kier alpha value is -1.30. The maximum Gasteiger partial charge on any atom is 0.233 e. The van der Waals surface area contributed by atoms with Crippen molar-refractivity contribution in [2.24, 2.45) is 0 Å². The van der Waals surface area contributed by atoms with E-state index in [1.54, 1.807) is 0 Å². The number of hydrogen-bond acceptors (Lipinski definition) is 3. The number of likely N-dealkylation sites (N-methyl/N-ethyl adjacent to an activating group) is 1. The molecule has 2 heterocycles. The zero-order chi connectivity index (χ0) is 14.1. The predicted molar refractivity (Wildman–Crippen MR) is 95.5 cm³/mol. The molecule has 0 aliphatic carbocycles. The van der Waals surface area contributed by atoms with Crippen LogP contribution >= 0.6 is 24.8 Å². The number of benzene rings is 1. The van der Waals surface area contributed by atoms with E-state index in [4.69, 9.17) is 0 Å². The van der Waals surface area contributed by atoms with Crippen LogP contribution in [0.25, 0.3) is 16.8 Å². The van der Waals surface area contributed by atoms with Crippen molar-refractivity contribution in [3.63, 3.8) is 0 Å². The van der Waals surface area contributed by atoms with Gasteiger partial charge in [0.05, 0.1) is 11.0 Å². The monoisotopic (exact) mass is 343 g/mol. The summed E-state index contributed by atoms with van der Waals surface area (Å²) in [6.07, 6.45) is 0. The molecule has 0 atom stereocenters. The molecule has 0 aliphatic heterocycles. The quantitative estimate of drug-likeness (QED) is 0.714. The van der Waals surface area contributed by atoms with Crippen molar-refractivity contribution >= 4 is 41.6 Å². The molecule has 0 fully saturated rings. The van der Waals surface area contributed by atoms with Gasteiger partial charge in [-0.25, -0.2) is 0 Å². The molecule has 0 bridgehead atoms. The van der Waals surface area contributed by atoms with Crippen molar-refractivity contribution in [3.8, 4) is 0 Å². The second kappa shape index (κ2) is 7.81. The summed E-state index contributed by atoms with van der Waals surface area (Å²) in [7, 11) is 0. The van der Waals surface area contributed by atoms with E-state index < -0.39 is 0 Å². The van der Waals surface area contributed by atoms with Gasteiger partial charge in [0.2, 0.25) is 5.78 Å². The lowest BCUT2D eigenvalue weighted by atomic mass is 10.3. The fraction of sp³-hybridized carbons (Fsp3) is 0.467. The van der Waals surface area contributed by atoms with Gasteiger partial charge >= 0.3 is 0 Å². The third kappa shape index (κ3) is 3.21. The van der Waals surface area contributed by atoms with Gasteiger partial charge in [-0.3, -0.25) is 0 Å². The molecule has 0 spiro atoms. The van der Waals surface area contributed by atoms with E-state index >= 15 is 0 Å². The van der Waals surface area contributed by atoms with Gasteiger partial charge in [0.1, 0.15) is 5.82 Å². The summed E-state index contributed by atoms with van der Waals surface area (Å²) in [5, 5.41) is 4.50. The lowest BCUT2D eigenvalue weighted by Gasteiger charge is -2.18. The number of imidazole rings is 1. The third-order valence-electron chi connectivity index (χ3n) is 3.87. The first-order valence-electron chi connectivity index (χ1n) is 7.27. The van der Waals surface area contributed by atoms with Gasteiger partial charge in [0, 0.05) is 13.1 Å². The number of aryl methyl sites for hydroxylation is 1. The molecule has 3 aromatic rings. The highest BCUT2D eigenvalue weighted by molar-refractivity contribution is 5.85. The molecular weight excluding hydrogens is 321 g/mol. The zero-order valence-electron chi connectivity index (χ0n) is 13.2. The number of fused-ring (bicyclic) bond motifs is 3. The third-order valence-corrected chi connectivity index (χ3v) is 3.87.